The summed E-state index contributed by atoms with van der Waals surface area (Å²) in [5, 5.41) is 71.2. The van der Waals surface area contributed by atoms with Crippen molar-refractivity contribution in [3.05, 3.63) is 40.6 Å². The number of nitrogens with zero attached hydrogens (tertiary/aromatic N) is 1. The molecule has 1 unspecified atom stereocenters. The maximum atomic E-state index is 11.8. The lowest BCUT2D eigenvalue weighted by Gasteiger charge is -2.39. The van der Waals surface area contributed by atoms with Gasteiger partial charge in [-0.2, -0.15) is 0 Å². The molecule has 1 saturated heterocycles. The van der Waals surface area contributed by atoms with Gasteiger partial charge in [0.2, 0.25) is 18.1 Å². The van der Waals surface area contributed by atoms with Gasteiger partial charge in [0.15, 0.2) is 0 Å². The minimum absolute atomic E-state index is 0.0820. The predicted molar refractivity (Wildman–Crippen MR) is 155 cm³/mol. The Kier molecular flexibility index (Phi) is 13.6. The zero-order valence-corrected chi connectivity index (χ0v) is 24.9. The zero-order chi connectivity index (χ0) is 31.5. The monoisotopic (exact) mass is 610 g/mol. The third-order valence-electron chi connectivity index (χ3n) is 7.30. The summed E-state index contributed by atoms with van der Waals surface area (Å²) < 4.78 is 17.3. The fraction of sp³-hybridized carbons (Fsp3) is 0.655. The Morgan fingerprint density at radius 1 is 1.09 bits per heavy atom. The fourth-order valence-electron chi connectivity index (χ4n) is 4.69. The molecule has 242 valence electrons. The molecule has 1 fully saturated rings. The first-order valence-electron chi connectivity index (χ1n) is 14.6. The Morgan fingerprint density at radius 2 is 1.84 bits per heavy atom. The van der Waals surface area contributed by atoms with E-state index in [9.17, 15) is 25.2 Å². The van der Waals surface area contributed by atoms with Gasteiger partial charge in [-0.25, -0.2) is 0 Å². The lowest BCUT2D eigenvalue weighted by Crippen LogP contribution is -2.60. The number of aromatic amines is 1. The molecule has 0 saturated carbocycles. The second-order valence-corrected chi connectivity index (χ2v) is 11.0. The molecule has 14 nitrogen and oxygen atoms in total. The van der Waals surface area contributed by atoms with E-state index in [1.165, 1.54) is 0 Å². The van der Waals surface area contributed by atoms with Crippen LogP contribution < -0.4 is 20.1 Å². The van der Waals surface area contributed by atoms with E-state index in [0.717, 1.165) is 28.8 Å². The first kappa shape index (κ1) is 34.7. The quantitative estimate of drug-likeness (QED) is 0.0968. The topological polar surface area (TPSA) is 219 Å². The average Bonchev–Trinajstić information content (AvgIpc) is 3.38. The van der Waals surface area contributed by atoms with Crippen LogP contribution in [0.1, 0.15) is 55.0 Å². The van der Waals surface area contributed by atoms with Crippen molar-refractivity contribution < 1.29 is 49.6 Å². The molecule has 0 radical (unpaired) electrons. The number of benzene rings is 1. The Morgan fingerprint density at radius 3 is 2.49 bits per heavy atom. The molecule has 1 aliphatic heterocycles. The van der Waals surface area contributed by atoms with Gasteiger partial charge >= 0.3 is 0 Å². The molecule has 2 aromatic rings. The lowest BCUT2D eigenvalue weighted by molar-refractivity contribution is -0.278. The highest BCUT2D eigenvalue weighted by molar-refractivity contribution is 5.76. The third kappa shape index (κ3) is 9.58. The van der Waals surface area contributed by atoms with E-state index in [1.807, 2.05) is 39.0 Å². The number of aromatic nitrogens is 2. The molecule has 14 heteroatoms. The van der Waals surface area contributed by atoms with Gasteiger partial charge in [0.1, 0.15) is 30.2 Å². The Hall–Kier alpha value is -2.82. The molecule has 9 N–H and O–H groups in total. The van der Waals surface area contributed by atoms with Crippen LogP contribution in [-0.2, 0) is 16.0 Å². The highest BCUT2D eigenvalue weighted by Gasteiger charge is 2.45. The number of aliphatic hydroxyl groups excluding tert-OH is 6. The number of hydrogen-bond donors (Lipinski definition) is 9. The molecule has 0 spiro atoms. The SMILES string of the molecule is Cc1cc(OCCCNCCC(=O)NC(CO)CO)ccc1Cc1c(OC2O[C@H](CO)[C@@H](O)[C@H](O)[C@H]2O)n[nH]c1C(C)C. The smallest absolute Gasteiger partial charge is 0.238 e. The van der Waals surface area contributed by atoms with E-state index in [4.69, 9.17) is 24.4 Å². The van der Waals surface area contributed by atoms with E-state index in [0.29, 0.717) is 31.9 Å². The van der Waals surface area contributed by atoms with E-state index in [-0.39, 0.29) is 37.3 Å². The molecule has 1 aromatic carbocycles. The summed E-state index contributed by atoms with van der Waals surface area (Å²) in [5.74, 6) is 0.752. The van der Waals surface area contributed by atoms with Crippen molar-refractivity contribution in [1.82, 2.24) is 20.8 Å². The van der Waals surface area contributed by atoms with E-state index in [1.54, 1.807) is 0 Å². The zero-order valence-electron chi connectivity index (χ0n) is 24.9. The number of hydrogen-bond acceptors (Lipinski definition) is 12. The van der Waals surface area contributed by atoms with Gasteiger partial charge in [-0.15, -0.1) is 5.10 Å². The molecule has 1 aliphatic rings. The second-order valence-electron chi connectivity index (χ2n) is 11.0. The number of aryl methyl sites for hydroxylation is 1. The van der Waals surface area contributed by atoms with Crippen molar-refractivity contribution in [2.45, 2.75) is 82.7 Å². The van der Waals surface area contributed by atoms with Crippen LogP contribution in [0.25, 0.3) is 0 Å². The van der Waals surface area contributed by atoms with Crippen molar-refractivity contribution in [1.29, 1.82) is 0 Å². The number of ether oxygens (including phenoxy) is 3. The molecule has 0 bridgehead atoms. The summed E-state index contributed by atoms with van der Waals surface area (Å²) in [4.78, 5) is 11.8. The molecule has 43 heavy (non-hydrogen) atoms. The standard InChI is InChI=1S/C29H46N4O10/c1-16(2)24-21(28(33-32-24)43-29-27(40)26(39)25(38)22(15-36)42-29)12-18-5-6-20(11-17(18)3)41-10-4-8-30-9-7-23(37)31-19(13-34)14-35/h5-6,11,16,19,22,25-27,29-30,34-36,38-40H,4,7-10,12-15H2,1-3H3,(H,31,37)(H,32,33)/t22-,25-,26+,27-,29?/m1/s1. The van der Waals surface area contributed by atoms with Crippen molar-refractivity contribution in [3.63, 3.8) is 0 Å². The minimum Gasteiger partial charge on any atom is -0.494 e. The molecular weight excluding hydrogens is 564 g/mol. The van der Waals surface area contributed by atoms with Gasteiger partial charge < -0.3 is 55.5 Å². The first-order valence-corrected chi connectivity index (χ1v) is 14.6. The van der Waals surface area contributed by atoms with Crippen molar-refractivity contribution in [3.8, 4) is 11.6 Å². The Bertz CT molecular complexity index is 1140. The fourth-order valence-corrected chi connectivity index (χ4v) is 4.69. The van der Waals surface area contributed by atoms with Crippen LogP contribution >= 0.6 is 0 Å². The molecule has 1 amide bonds. The molecule has 5 atom stereocenters. The van der Waals surface area contributed by atoms with Crippen LogP contribution in [0.2, 0.25) is 0 Å². The highest BCUT2D eigenvalue weighted by atomic mass is 16.7. The molecule has 3 rings (SSSR count). The van der Waals surface area contributed by atoms with E-state index < -0.39 is 43.4 Å². The number of aliphatic hydroxyl groups is 6. The normalized spacial score (nSPS) is 22.3. The number of amides is 1. The van der Waals surface area contributed by atoms with Gasteiger partial charge in [0, 0.05) is 30.6 Å². The van der Waals surface area contributed by atoms with Crippen LogP contribution in [0, 0.1) is 6.92 Å². The number of H-pyrrole nitrogens is 1. The summed E-state index contributed by atoms with van der Waals surface area (Å²) in [6.45, 7) is 6.41. The number of rotatable bonds is 17. The van der Waals surface area contributed by atoms with Gasteiger partial charge in [-0.3, -0.25) is 9.89 Å². The van der Waals surface area contributed by atoms with E-state index >= 15 is 0 Å². The predicted octanol–water partition coefficient (Wildman–Crippen LogP) is -1.17. The maximum Gasteiger partial charge on any atom is 0.238 e. The second kappa shape index (κ2) is 16.9. The number of carbonyl (C=O) groups is 1. The third-order valence-corrected chi connectivity index (χ3v) is 7.30. The Labute approximate surface area is 251 Å². The van der Waals surface area contributed by atoms with Crippen LogP contribution in [-0.4, -0.2) is 123 Å². The summed E-state index contributed by atoms with van der Waals surface area (Å²) in [6.07, 6.45) is -5.60. The van der Waals surface area contributed by atoms with Gasteiger partial charge in [0.05, 0.1) is 32.5 Å². The number of carbonyl (C=O) groups excluding carboxylic acids is 1. The average molecular weight is 611 g/mol. The van der Waals surface area contributed by atoms with Crippen molar-refractivity contribution >= 4 is 5.91 Å². The molecular formula is C29H46N4O10. The van der Waals surface area contributed by atoms with Gasteiger partial charge in [-0.05, 0) is 49.1 Å². The largest absolute Gasteiger partial charge is 0.494 e. The van der Waals surface area contributed by atoms with Crippen LogP contribution in [0.3, 0.4) is 0 Å². The summed E-state index contributed by atoms with van der Waals surface area (Å²) in [6, 6.07) is 5.15. The van der Waals surface area contributed by atoms with Gasteiger partial charge in [0.25, 0.3) is 0 Å². The van der Waals surface area contributed by atoms with Crippen molar-refractivity contribution in [2.24, 2.45) is 0 Å². The van der Waals surface area contributed by atoms with Crippen LogP contribution in [0.15, 0.2) is 18.2 Å². The summed E-state index contributed by atoms with van der Waals surface area (Å²) >= 11 is 0. The summed E-state index contributed by atoms with van der Waals surface area (Å²) in [7, 11) is 0. The highest BCUT2D eigenvalue weighted by Crippen LogP contribution is 2.32. The van der Waals surface area contributed by atoms with E-state index in [2.05, 4.69) is 20.8 Å². The lowest BCUT2D eigenvalue weighted by atomic mass is 9.96. The van der Waals surface area contributed by atoms with Crippen molar-refractivity contribution in [2.75, 3.05) is 39.5 Å². The molecule has 1 aromatic heterocycles. The summed E-state index contributed by atoms with van der Waals surface area (Å²) in [5.41, 5.74) is 3.58. The van der Waals surface area contributed by atoms with Crippen LogP contribution in [0.4, 0.5) is 0 Å². The maximum absolute atomic E-state index is 11.8. The minimum atomic E-state index is -1.56. The first-order chi connectivity index (χ1) is 20.6. The molecule has 2 heterocycles. The molecule has 0 aliphatic carbocycles. The Balaban J connectivity index is 1.54. The van der Waals surface area contributed by atoms with Crippen LogP contribution in [0.5, 0.6) is 11.6 Å². The number of nitrogens with one attached hydrogen (secondary N) is 3. The van der Waals surface area contributed by atoms with Gasteiger partial charge in [-0.1, -0.05) is 19.9 Å².